The van der Waals surface area contributed by atoms with Gasteiger partial charge in [0.15, 0.2) is 5.69 Å². The number of H-pyrrole nitrogens is 1. The number of rotatable bonds is 5. The van der Waals surface area contributed by atoms with Crippen LogP contribution in [0.1, 0.15) is 29.5 Å². The number of aryl methyl sites for hydroxylation is 1. The van der Waals surface area contributed by atoms with Crippen molar-refractivity contribution in [2.24, 2.45) is 0 Å². The van der Waals surface area contributed by atoms with Crippen LogP contribution in [0.5, 0.6) is 0 Å². The second-order valence-corrected chi connectivity index (χ2v) is 7.02. The Balaban J connectivity index is 1.93. The van der Waals surface area contributed by atoms with Crippen LogP contribution in [0.3, 0.4) is 0 Å². The number of carbonyl (C=O) groups is 2. The zero-order valence-corrected chi connectivity index (χ0v) is 16.1. The van der Waals surface area contributed by atoms with Gasteiger partial charge in [0.1, 0.15) is 12.7 Å². The summed E-state index contributed by atoms with van der Waals surface area (Å²) in [6, 6.07) is -0.245. The maximum atomic E-state index is 12.5. The summed E-state index contributed by atoms with van der Waals surface area (Å²) in [5, 5.41) is 6.68. The highest BCUT2D eigenvalue weighted by molar-refractivity contribution is 9.10. The molecule has 0 spiro atoms. The van der Waals surface area contributed by atoms with Crippen LogP contribution in [0.15, 0.2) is 4.47 Å². The van der Waals surface area contributed by atoms with E-state index in [0.717, 1.165) is 5.69 Å². The number of halogens is 4. The van der Waals surface area contributed by atoms with Crippen molar-refractivity contribution in [3.63, 3.8) is 0 Å². The topological polar surface area (TPSA) is 78.5 Å². The number of amides is 2. The average molecular weight is 441 g/mol. The Hall–Kier alpha value is -1.62. The van der Waals surface area contributed by atoms with E-state index in [-0.39, 0.29) is 24.2 Å². The lowest BCUT2D eigenvalue weighted by Gasteiger charge is -2.25. The van der Waals surface area contributed by atoms with Crippen LogP contribution in [0.2, 0.25) is 0 Å². The molecular formula is C15H20BrF3N4O3. The Labute approximate surface area is 157 Å². The fourth-order valence-electron chi connectivity index (χ4n) is 2.70. The number of aromatic nitrogens is 2. The van der Waals surface area contributed by atoms with Crippen molar-refractivity contribution in [2.45, 2.75) is 38.6 Å². The summed E-state index contributed by atoms with van der Waals surface area (Å²) in [5.74, 6) is -0.823. The first-order valence-corrected chi connectivity index (χ1v) is 8.75. The van der Waals surface area contributed by atoms with E-state index in [2.05, 4.69) is 30.9 Å². The van der Waals surface area contributed by atoms with Crippen molar-refractivity contribution >= 4 is 27.7 Å². The van der Waals surface area contributed by atoms with Crippen LogP contribution in [-0.2, 0) is 9.53 Å². The number of nitrogens with zero attached hydrogens (tertiary/aromatic N) is 3. The average Bonchev–Trinajstić information content (AvgIpc) is 3.18. The monoisotopic (exact) mass is 440 g/mol. The van der Waals surface area contributed by atoms with Crippen molar-refractivity contribution in [1.29, 1.82) is 0 Å². The summed E-state index contributed by atoms with van der Waals surface area (Å²) in [6.45, 7) is 2.18. The number of nitrogens with one attached hydrogen (secondary N) is 1. The first-order valence-electron chi connectivity index (χ1n) is 7.96. The first-order chi connectivity index (χ1) is 12.0. The van der Waals surface area contributed by atoms with E-state index in [1.165, 1.54) is 16.7 Å². The predicted octanol–water partition coefficient (Wildman–Crippen LogP) is 2.12. The third kappa shape index (κ3) is 4.76. The van der Waals surface area contributed by atoms with Gasteiger partial charge in [-0.05, 0) is 36.2 Å². The Morgan fingerprint density at radius 3 is 2.69 bits per heavy atom. The van der Waals surface area contributed by atoms with Crippen molar-refractivity contribution in [3.8, 4) is 0 Å². The van der Waals surface area contributed by atoms with E-state index >= 15 is 0 Å². The van der Waals surface area contributed by atoms with Gasteiger partial charge in [-0.1, -0.05) is 0 Å². The normalized spacial score (nSPS) is 18.9. The van der Waals surface area contributed by atoms with E-state index in [1.807, 2.05) is 0 Å². The maximum Gasteiger partial charge on any atom is 0.411 e. The Kier molecular flexibility index (Phi) is 6.33. The number of carbonyl (C=O) groups excluding carboxylic acids is 2. The zero-order chi connectivity index (χ0) is 19.6. The molecule has 1 aromatic rings. The molecule has 7 nitrogen and oxygen atoms in total. The highest BCUT2D eigenvalue weighted by Crippen LogP contribution is 2.23. The smallest absolute Gasteiger partial charge is 0.359 e. The standard InChI is InChI=1S/C15H20BrF3N4O3/c1-8-11(16)12(21-20-8)14(25)22(3)10-4-5-23(6-10)13(24)9(2)26-7-15(17,18)19/h9-10H,4-7H2,1-3H3,(H,20,21). The van der Waals surface area contributed by atoms with Gasteiger partial charge in [0.2, 0.25) is 0 Å². The molecule has 0 radical (unpaired) electrons. The van der Waals surface area contributed by atoms with Gasteiger partial charge in [-0.25, -0.2) is 0 Å². The van der Waals surface area contributed by atoms with E-state index in [1.54, 1.807) is 14.0 Å². The molecule has 1 aromatic heterocycles. The Morgan fingerprint density at radius 2 is 2.15 bits per heavy atom. The molecule has 2 unspecified atom stereocenters. The van der Waals surface area contributed by atoms with Gasteiger partial charge in [-0.2, -0.15) is 18.3 Å². The van der Waals surface area contributed by atoms with Gasteiger partial charge < -0.3 is 14.5 Å². The molecule has 0 bridgehead atoms. The van der Waals surface area contributed by atoms with Crippen molar-refractivity contribution in [2.75, 3.05) is 26.7 Å². The highest BCUT2D eigenvalue weighted by Gasteiger charge is 2.36. The molecule has 146 valence electrons. The molecule has 0 aromatic carbocycles. The molecule has 2 rings (SSSR count). The summed E-state index contributed by atoms with van der Waals surface area (Å²) in [7, 11) is 1.61. The van der Waals surface area contributed by atoms with Crippen molar-refractivity contribution in [3.05, 3.63) is 15.9 Å². The fraction of sp³-hybridized carbons (Fsp3) is 0.667. The van der Waals surface area contributed by atoms with E-state index in [4.69, 9.17) is 0 Å². The number of hydrogen-bond donors (Lipinski definition) is 1. The zero-order valence-electron chi connectivity index (χ0n) is 14.6. The Bertz CT molecular complexity index is 680. The molecule has 1 aliphatic rings. The molecule has 2 amide bonds. The van der Waals surface area contributed by atoms with Gasteiger partial charge in [-0.3, -0.25) is 14.7 Å². The van der Waals surface area contributed by atoms with Crippen LogP contribution in [-0.4, -0.2) is 76.9 Å². The van der Waals surface area contributed by atoms with Crippen LogP contribution < -0.4 is 0 Å². The first kappa shape index (κ1) is 20.7. The minimum atomic E-state index is -4.48. The molecule has 1 fully saturated rings. The molecule has 2 atom stereocenters. The lowest BCUT2D eigenvalue weighted by atomic mass is 10.2. The molecule has 11 heteroatoms. The SMILES string of the molecule is Cc1[nH]nc(C(=O)N(C)C2CCN(C(=O)C(C)OCC(F)(F)F)C2)c1Br. The predicted molar refractivity (Wildman–Crippen MR) is 89.6 cm³/mol. The summed E-state index contributed by atoms with van der Waals surface area (Å²) in [4.78, 5) is 27.7. The van der Waals surface area contributed by atoms with E-state index in [9.17, 15) is 22.8 Å². The lowest BCUT2D eigenvalue weighted by Crippen LogP contribution is -2.43. The highest BCUT2D eigenvalue weighted by atomic mass is 79.9. The van der Waals surface area contributed by atoms with Crippen molar-refractivity contribution < 1.29 is 27.5 Å². The minimum Gasteiger partial charge on any atom is -0.359 e. The molecule has 2 heterocycles. The van der Waals surface area contributed by atoms with Crippen LogP contribution >= 0.6 is 15.9 Å². The third-order valence-electron chi connectivity index (χ3n) is 4.26. The number of likely N-dealkylation sites (tertiary alicyclic amines) is 1. The maximum absolute atomic E-state index is 12.5. The van der Waals surface area contributed by atoms with Gasteiger partial charge in [0.25, 0.3) is 11.8 Å². The number of likely N-dealkylation sites (N-methyl/N-ethyl adjacent to an activating group) is 1. The number of aromatic amines is 1. The molecule has 1 aliphatic heterocycles. The van der Waals surface area contributed by atoms with Crippen LogP contribution in [0.4, 0.5) is 13.2 Å². The summed E-state index contributed by atoms with van der Waals surface area (Å²) < 4.78 is 41.8. The van der Waals surface area contributed by atoms with Gasteiger partial charge in [0, 0.05) is 25.8 Å². The lowest BCUT2D eigenvalue weighted by molar-refractivity contribution is -0.188. The van der Waals surface area contributed by atoms with E-state index in [0.29, 0.717) is 17.4 Å². The Morgan fingerprint density at radius 1 is 1.50 bits per heavy atom. The number of ether oxygens (including phenoxy) is 1. The summed E-state index contributed by atoms with van der Waals surface area (Å²) in [5.41, 5.74) is 0.970. The molecule has 1 N–H and O–H groups in total. The minimum absolute atomic E-state index is 0.238. The quantitative estimate of drug-likeness (QED) is 0.760. The van der Waals surface area contributed by atoms with Gasteiger partial charge in [0.05, 0.1) is 10.5 Å². The largest absolute Gasteiger partial charge is 0.411 e. The third-order valence-corrected chi connectivity index (χ3v) is 5.23. The summed E-state index contributed by atoms with van der Waals surface area (Å²) >= 11 is 3.30. The van der Waals surface area contributed by atoms with Crippen LogP contribution in [0, 0.1) is 6.92 Å². The van der Waals surface area contributed by atoms with Gasteiger partial charge >= 0.3 is 6.18 Å². The number of alkyl halides is 3. The molecule has 1 saturated heterocycles. The van der Waals surface area contributed by atoms with Gasteiger partial charge in [-0.15, -0.1) is 0 Å². The second-order valence-electron chi connectivity index (χ2n) is 6.22. The second kappa shape index (κ2) is 7.95. The van der Waals surface area contributed by atoms with Crippen molar-refractivity contribution in [1.82, 2.24) is 20.0 Å². The molecular weight excluding hydrogens is 421 g/mol. The summed E-state index contributed by atoms with van der Waals surface area (Å²) in [6.07, 6.45) is -5.15. The fourth-order valence-corrected chi connectivity index (χ4v) is 3.04. The molecule has 0 aliphatic carbocycles. The molecule has 0 saturated carbocycles. The molecule has 26 heavy (non-hydrogen) atoms. The van der Waals surface area contributed by atoms with Crippen LogP contribution in [0.25, 0.3) is 0 Å². The number of hydrogen-bond acceptors (Lipinski definition) is 4. The van der Waals surface area contributed by atoms with E-state index < -0.39 is 24.8 Å².